The molecule has 2 heterocycles. The van der Waals surface area contributed by atoms with Gasteiger partial charge in [-0.25, -0.2) is 0 Å². The highest BCUT2D eigenvalue weighted by molar-refractivity contribution is 6.31. The summed E-state index contributed by atoms with van der Waals surface area (Å²) in [6.45, 7) is 4.66. The Bertz CT molecular complexity index is 1040. The third kappa shape index (κ3) is 4.19. The minimum Gasteiger partial charge on any atom is -0.355 e. The highest BCUT2D eigenvalue weighted by Gasteiger charge is 2.38. The summed E-state index contributed by atoms with van der Waals surface area (Å²) in [5, 5.41) is 15.1. The highest BCUT2D eigenvalue weighted by atomic mass is 35.5. The Morgan fingerprint density at radius 2 is 1.97 bits per heavy atom. The Hall–Kier alpha value is -2.48. The normalized spacial score (nSPS) is 19.1. The molecule has 2 aromatic carbocycles. The molecular weight excluding hydrogens is 425 g/mol. The zero-order valence-electron chi connectivity index (χ0n) is 16.5. The molecule has 156 valence electrons. The number of aromatic amines is 1. The van der Waals surface area contributed by atoms with Gasteiger partial charge in [0.2, 0.25) is 0 Å². The molecule has 0 saturated heterocycles. The van der Waals surface area contributed by atoms with Crippen molar-refractivity contribution in [2.24, 2.45) is 5.92 Å². The minimum atomic E-state index is -0.811. The number of aromatic nitrogens is 4. The summed E-state index contributed by atoms with van der Waals surface area (Å²) in [5.41, 5.74) is 2.32. The van der Waals surface area contributed by atoms with E-state index in [2.05, 4.69) is 34.5 Å². The Kier molecular flexibility index (Phi) is 6.04. The van der Waals surface area contributed by atoms with E-state index >= 15 is 0 Å². The highest BCUT2D eigenvalue weighted by Crippen LogP contribution is 2.41. The van der Waals surface area contributed by atoms with Crippen LogP contribution in [0.4, 0.5) is 5.69 Å². The molecule has 1 aromatic heterocycles. The second kappa shape index (κ2) is 8.71. The Morgan fingerprint density at radius 3 is 2.67 bits per heavy atom. The van der Waals surface area contributed by atoms with E-state index in [0.717, 1.165) is 16.8 Å². The quantitative estimate of drug-likeness (QED) is 0.634. The average molecular weight is 446 g/mol. The summed E-state index contributed by atoms with van der Waals surface area (Å²) in [5.74, 6) is 0.492. The van der Waals surface area contributed by atoms with Gasteiger partial charge in [0.1, 0.15) is 12.2 Å². The second-order valence-electron chi connectivity index (χ2n) is 7.60. The van der Waals surface area contributed by atoms with Crippen LogP contribution in [0.25, 0.3) is 0 Å². The first-order valence-electron chi connectivity index (χ1n) is 9.67. The number of carbonyl (C=O) groups is 1. The van der Waals surface area contributed by atoms with Gasteiger partial charge in [-0.1, -0.05) is 60.5 Å². The van der Waals surface area contributed by atoms with Gasteiger partial charge >= 0.3 is 0 Å². The maximum absolute atomic E-state index is 13.6. The molecule has 4 rings (SSSR count). The van der Waals surface area contributed by atoms with Crippen molar-refractivity contribution in [3.63, 3.8) is 0 Å². The van der Waals surface area contributed by atoms with Gasteiger partial charge in [0, 0.05) is 39.8 Å². The van der Waals surface area contributed by atoms with Gasteiger partial charge < -0.3 is 9.64 Å². The average Bonchev–Trinajstić information content (AvgIpc) is 3.19. The van der Waals surface area contributed by atoms with Crippen LogP contribution >= 0.6 is 23.2 Å². The van der Waals surface area contributed by atoms with Crippen molar-refractivity contribution in [3.05, 3.63) is 69.5 Å². The minimum absolute atomic E-state index is 0.161. The molecule has 1 amide bonds. The number of nitrogens with zero attached hydrogens (tertiary/aromatic N) is 4. The van der Waals surface area contributed by atoms with Crippen molar-refractivity contribution in [1.82, 2.24) is 20.6 Å². The molecule has 1 aliphatic rings. The largest absolute Gasteiger partial charge is 0.355 e. The zero-order valence-corrected chi connectivity index (χ0v) is 18.1. The van der Waals surface area contributed by atoms with E-state index < -0.39 is 12.2 Å². The number of amides is 1. The molecule has 1 N–H and O–H groups in total. The molecule has 0 radical (unpaired) electrons. The molecule has 9 heteroatoms. The number of nitrogens with one attached hydrogen (secondary N) is 1. The van der Waals surface area contributed by atoms with Crippen molar-refractivity contribution in [3.8, 4) is 0 Å². The van der Waals surface area contributed by atoms with Gasteiger partial charge in [-0.2, -0.15) is 5.21 Å². The number of ether oxygens (including phenoxy) is 1. The molecular formula is C21H21Cl2N5O2. The lowest BCUT2D eigenvalue weighted by Gasteiger charge is -2.26. The Labute approximate surface area is 184 Å². The van der Waals surface area contributed by atoms with E-state index in [-0.39, 0.29) is 18.2 Å². The first-order chi connectivity index (χ1) is 14.4. The SMILES string of the molecule is CC(C)CN1C(=O)[C@H](Cc2nn[nH]n2)O[C@@H](c2ccccc2Cl)c2cc(Cl)ccc21. The van der Waals surface area contributed by atoms with Crippen molar-refractivity contribution >= 4 is 34.8 Å². The maximum atomic E-state index is 13.6. The van der Waals surface area contributed by atoms with Crippen molar-refractivity contribution in [2.45, 2.75) is 32.5 Å². The number of rotatable bonds is 5. The fourth-order valence-corrected chi connectivity index (χ4v) is 4.04. The van der Waals surface area contributed by atoms with Gasteiger partial charge in [-0.15, -0.1) is 10.2 Å². The number of hydrogen-bond donors (Lipinski definition) is 1. The Balaban J connectivity index is 1.86. The summed E-state index contributed by atoms with van der Waals surface area (Å²) >= 11 is 12.9. The fourth-order valence-electron chi connectivity index (χ4n) is 3.62. The molecule has 1 aliphatic heterocycles. The van der Waals surface area contributed by atoms with Gasteiger partial charge in [0.15, 0.2) is 5.82 Å². The van der Waals surface area contributed by atoms with E-state index in [9.17, 15) is 4.79 Å². The molecule has 0 fully saturated rings. The smallest absolute Gasteiger partial charge is 0.256 e. The molecule has 0 unspecified atom stereocenters. The van der Waals surface area contributed by atoms with Crippen LogP contribution in [-0.4, -0.2) is 39.2 Å². The van der Waals surface area contributed by atoms with Gasteiger partial charge in [0.25, 0.3) is 5.91 Å². The third-order valence-corrected chi connectivity index (χ3v) is 5.48. The molecule has 0 spiro atoms. The molecule has 0 bridgehead atoms. The molecule has 0 aliphatic carbocycles. The van der Waals surface area contributed by atoms with Crippen molar-refractivity contribution in [2.75, 3.05) is 11.4 Å². The van der Waals surface area contributed by atoms with E-state index in [1.54, 1.807) is 17.0 Å². The molecule has 0 saturated carbocycles. The molecule has 3 aromatic rings. The number of halogens is 2. The third-order valence-electron chi connectivity index (χ3n) is 4.90. The van der Waals surface area contributed by atoms with Crippen LogP contribution in [0.15, 0.2) is 42.5 Å². The van der Waals surface area contributed by atoms with E-state index in [1.165, 1.54) is 0 Å². The number of anilines is 1. The Morgan fingerprint density at radius 1 is 1.17 bits per heavy atom. The molecule has 2 atom stereocenters. The number of fused-ring (bicyclic) bond motifs is 1. The zero-order chi connectivity index (χ0) is 21.3. The van der Waals surface area contributed by atoms with Crippen LogP contribution in [-0.2, 0) is 16.0 Å². The first-order valence-corrected chi connectivity index (χ1v) is 10.4. The summed E-state index contributed by atoms with van der Waals surface area (Å²) in [6, 6.07) is 12.9. The fraction of sp³-hybridized carbons (Fsp3) is 0.333. The number of carbonyl (C=O) groups excluding carboxylic acids is 1. The first kappa shape index (κ1) is 20.8. The van der Waals surface area contributed by atoms with Gasteiger partial charge in [0.05, 0.1) is 0 Å². The van der Waals surface area contributed by atoms with Crippen LogP contribution in [0.5, 0.6) is 0 Å². The van der Waals surface area contributed by atoms with Crippen LogP contribution in [0, 0.1) is 5.92 Å². The molecule has 30 heavy (non-hydrogen) atoms. The standard InChI is InChI=1S/C21H21Cl2N5O2/c1-12(2)11-28-17-8-7-13(22)9-15(17)20(14-5-3-4-6-16(14)23)30-18(21(28)29)10-19-24-26-27-25-19/h3-9,12,18,20H,10-11H2,1-2H3,(H,24,25,26,27)/t18-,20-/m0/s1. The lowest BCUT2D eigenvalue weighted by atomic mass is 9.99. The van der Waals surface area contributed by atoms with Gasteiger partial charge in [-0.05, 0) is 30.2 Å². The van der Waals surface area contributed by atoms with Crippen LogP contribution in [0.1, 0.15) is 36.9 Å². The summed E-state index contributed by atoms with van der Waals surface area (Å²) in [4.78, 5) is 15.3. The predicted octanol–water partition coefficient (Wildman–Crippen LogP) is 4.23. The maximum Gasteiger partial charge on any atom is 0.256 e. The molecule has 7 nitrogen and oxygen atoms in total. The number of benzene rings is 2. The van der Waals surface area contributed by atoms with Crippen molar-refractivity contribution in [1.29, 1.82) is 0 Å². The monoisotopic (exact) mass is 445 g/mol. The number of hydrogen-bond acceptors (Lipinski definition) is 5. The second-order valence-corrected chi connectivity index (χ2v) is 8.45. The lowest BCUT2D eigenvalue weighted by molar-refractivity contribution is -0.132. The summed E-state index contributed by atoms with van der Waals surface area (Å²) in [6.07, 6.45) is -1.20. The summed E-state index contributed by atoms with van der Waals surface area (Å²) in [7, 11) is 0. The predicted molar refractivity (Wildman–Crippen MR) is 115 cm³/mol. The van der Waals surface area contributed by atoms with Gasteiger partial charge in [-0.3, -0.25) is 4.79 Å². The van der Waals surface area contributed by atoms with E-state index in [0.29, 0.717) is 22.4 Å². The van der Waals surface area contributed by atoms with Crippen LogP contribution < -0.4 is 4.90 Å². The van der Waals surface area contributed by atoms with E-state index in [4.69, 9.17) is 27.9 Å². The number of H-pyrrole nitrogens is 1. The van der Waals surface area contributed by atoms with Crippen LogP contribution in [0.2, 0.25) is 10.0 Å². The van der Waals surface area contributed by atoms with E-state index in [1.807, 2.05) is 30.3 Å². The lowest BCUT2D eigenvalue weighted by Crippen LogP contribution is -2.42. The number of tetrazole rings is 1. The topological polar surface area (TPSA) is 84.0 Å². The van der Waals surface area contributed by atoms with Crippen LogP contribution in [0.3, 0.4) is 0 Å². The van der Waals surface area contributed by atoms with Crippen molar-refractivity contribution < 1.29 is 9.53 Å². The summed E-state index contributed by atoms with van der Waals surface area (Å²) < 4.78 is 6.40.